The van der Waals surface area contributed by atoms with Crippen molar-refractivity contribution in [3.05, 3.63) is 132 Å². The maximum Gasteiger partial charge on any atom is 2.00 e. The Bertz CT molecular complexity index is 1330. The number of aryl methyl sites for hydroxylation is 2. The number of hydrogen-bond acceptors (Lipinski definition) is 0. The predicted octanol–water partition coefficient (Wildman–Crippen LogP) is 9.43. The molecule has 3 heteroatoms. The second kappa shape index (κ2) is 13.2. The Morgan fingerprint density at radius 2 is 0.971 bits per heavy atom. The van der Waals surface area contributed by atoms with Crippen molar-refractivity contribution in [1.82, 2.24) is 0 Å². The molecule has 0 nitrogen and oxygen atoms in total. The van der Waals surface area contributed by atoms with Crippen LogP contribution in [0.1, 0.15) is 35.1 Å². The van der Waals surface area contributed by atoms with Gasteiger partial charge in [0.05, 0.1) is 0 Å². The first-order valence-corrected chi connectivity index (χ1v) is 11.2. The molecule has 2 aliphatic carbocycles. The van der Waals surface area contributed by atoms with Crippen molar-refractivity contribution >= 4 is 57.5 Å². The number of fused-ring (bicyclic) bond motifs is 2. The predicted molar refractivity (Wildman–Crippen MR) is 153 cm³/mol. The minimum atomic E-state index is 0. The third kappa shape index (κ3) is 6.53. The molecule has 35 heavy (non-hydrogen) atoms. The maximum absolute atomic E-state index is 3.40. The molecule has 0 saturated heterocycles. The van der Waals surface area contributed by atoms with Gasteiger partial charge in [-0.25, -0.2) is 0 Å². The molecule has 174 valence electrons. The molecule has 4 aromatic rings. The molecule has 0 bridgehead atoms. The van der Waals surface area contributed by atoms with Gasteiger partial charge in [-0.05, 0) is 24.6 Å². The van der Waals surface area contributed by atoms with E-state index in [0.717, 1.165) is 12.8 Å². The zero-order chi connectivity index (χ0) is 21.9. The van der Waals surface area contributed by atoms with E-state index in [2.05, 4.69) is 123 Å². The molecule has 0 N–H and O–H groups in total. The van der Waals surface area contributed by atoms with E-state index in [1.165, 1.54) is 54.9 Å². The molecule has 2 aliphatic rings. The van der Waals surface area contributed by atoms with E-state index in [1.807, 2.05) is 0 Å². The standard InChI is InChI=1S/2C16H13.2ClH.Zr/c2*1-12-10-14-8-4-5-9-15(14)16(11-12)13-6-2-3-7-13;;;/h2*2,4-6,8-11H,3H2,1H3;2*1H;/q2*-1;;;+2. The van der Waals surface area contributed by atoms with Gasteiger partial charge in [0, 0.05) is 0 Å². The minimum absolute atomic E-state index is 0. The first kappa shape index (κ1) is 29.1. The summed E-state index contributed by atoms with van der Waals surface area (Å²) >= 11 is 0. The van der Waals surface area contributed by atoms with Gasteiger partial charge in [-0.2, -0.15) is 35.5 Å². The van der Waals surface area contributed by atoms with E-state index in [9.17, 15) is 0 Å². The van der Waals surface area contributed by atoms with Crippen LogP contribution in [0.2, 0.25) is 0 Å². The number of hydrogen-bond donors (Lipinski definition) is 0. The second-order valence-electron chi connectivity index (χ2n) is 8.46. The number of allylic oxidation sites excluding steroid dienone is 8. The minimum Gasteiger partial charge on any atom is -0.197 e. The molecule has 0 aromatic heterocycles. The van der Waals surface area contributed by atoms with Gasteiger partial charge in [-0.3, -0.25) is 0 Å². The largest absolute Gasteiger partial charge is 2.00 e. The Hall–Kier alpha value is -2.18. The van der Waals surface area contributed by atoms with E-state index < -0.39 is 0 Å². The SMILES string of the molecule is Cc1cc(C2=[C-]CC=C2)c2ccccc2c1.Cc1cc(C2=[C-]CC=C2)c2ccccc2c1.Cl.Cl.[Zr+2]. The molecule has 0 amide bonds. The molecule has 0 fully saturated rings. The van der Waals surface area contributed by atoms with Crippen molar-refractivity contribution < 1.29 is 26.2 Å². The number of rotatable bonds is 2. The molecular weight excluding hydrogens is 546 g/mol. The van der Waals surface area contributed by atoms with Gasteiger partial charge >= 0.3 is 26.2 Å². The quantitative estimate of drug-likeness (QED) is 0.209. The van der Waals surface area contributed by atoms with E-state index in [0.29, 0.717) is 0 Å². The zero-order valence-electron chi connectivity index (χ0n) is 20.0. The van der Waals surface area contributed by atoms with Crippen LogP contribution in [0.4, 0.5) is 0 Å². The summed E-state index contributed by atoms with van der Waals surface area (Å²) in [6.07, 6.45) is 17.3. The Morgan fingerprint density at radius 3 is 1.34 bits per heavy atom. The molecule has 6 rings (SSSR count). The van der Waals surface area contributed by atoms with E-state index >= 15 is 0 Å². The Balaban J connectivity index is 0.000000227. The van der Waals surface area contributed by atoms with E-state index in [-0.39, 0.29) is 51.0 Å². The van der Waals surface area contributed by atoms with E-state index in [4.69, 9.17) is 0 Å². The Labute approximate surface area is 240 Å². The molecule has 0 saturated carbocycles. The second-order valence-corrected chi connectivity index (χ2v) is 8.46. The van der Waals surface area contributed by atoms with Crippen LogP contribution in [-0.4, -0.2) is 0 Å². The zero-order valence-corrected chi connectivity index (χ0v) is 24.1. The molecule has 0 heterocycles. The van der Waals surface area contributed by atoms with Gasteiger partial charge in [0.2, 0.25) is 0 Å². The fraction of sp³-hybridized carbons (Fsp3) is 0.125. The van der Waals surface area contributed by atoms with Crippen LogP contribution in [0.3, 0.4) is 0 Å². The summed E-state index contributed by atoms with van der Waals surface area (Å²) in [5.74, 6) is 0. The third-order valence-electron chi connectivity index (χ3n) is 5.98. The average Bonchev–Trinajstić information content (AvgIpc) is 3.53. The van der Waals surface area contributed by atoms with Gasteiger partial charge in [0.15, 0.2) is 0 Å². The summed E-state index contributed by atoms with van der Waals surface area (Å²) in [6, 6.07) is 26.1. The fourth-order valence-electron chi connectivity index (χ4n) is 4.55. The summed E-state index contributed by atoms with van der Waals surface area (Å²) in [5.41, 5.74) is 7.71. The molecule has 0 spiro atoms. The van der Waals surface area contributed by atoms with Gasteiger partial charge < -0.3 is 0 Å². The first-order valence-electron chi connectivity index (χ1n) is 11.2. The summed E-state index contributed by atoms with van der Waals surface area (Å²) in [7, 11) is 0. The van der Waals surface area contributed by atoms with Crippen LogP contribution in [0.15, 0.2) is 97.1 Å². The van der Waals surface area contributed by atoms with Crippen molar-refractivity contribution in [2.75, 3.05) is 0 Å². The van der Waals surface area contributed by atoms with Crippen LogP contribution in [-0.2, 0) is 26.2 Å². The monoisotopic (exact) mass is 572 g/mol. The van der Waals surface area contributed by atoms with Crippen LogP contribution >= 0.6 is 24.8 Å². The van der Waals surface area contributed by atoms with Gasteiger partial charge in [0.1, 0.15) is 0 Å². The number of benzene rings is 4. The summed E-state index contributed by atoms with van der Waals surface area (Å²) in [4.78, 5) is 0. The molecular formula is C32H28Cl2Zr. The van der Waals surface area contributed by atoms with Crippen LogP contribution in [0.5, 0.6) is 0 Å². The van der Waals surface area contributed by atoms with Crippen molar-refractivity contribution in [3.8, 4) is 0 Å². The first-order chi connectivity index (χ1) is 15.7. The molecule has 0 aliphatic heterocycles. The van der Waals surface area contributed by atoms with Crippen LogP contribution in [0.25, 0.3) is 32.7 Å². The van der Waals surface area contributed by atoms with Crippen molar-refractivity contribution in [3.63, 3.8) is 0 Å². The smallest absolute Gasteiger partial charge is 0.197 e. The van der Waals surface area contributed by atoms with E-state index in [1.54, 1.807) is 0 Å². The molecule has 0 unspecified atom stereocenters. The maximum atomic E-state index is 3.40. The van der Waals surface area contributed by atoms with Crippen LogP contribution in [0, 0.1) is 26.0 Å². The third-order valence-corrected chi connectivity index (χ3v) is 5.98. The van der Waals surface area contributed by atoms with Gasteiger partial charge in [0.25, 0.3) is 0 Å². The van der Waals surface area contributed by atoms with Crippen molar-refractivity contribution in [2.24, 2.45) is 0 Å². The molecule has 4 aromatic carbocycles. The normalized spacial score (nSPS) is 13.2. The van der Waals surface area contributed by atoms with Gasteiger partial charge in [-0.15, -0.1) is 60.2 Å². The summed E-state index contributed by atoms with van der Waals surface area (Å²) in [6.45, 7) is 4.30. The van der Waals surface area contributed by atoms with Crippen molar-refractivity contribution in [2.45, 2.75) is 26.7 Å². The Kier molecular flexibility index (Phi) is 11.0. The fourth-order valence-corrected chi connectivity index (χ4v) is 4.55. The van der Waals surface area contributed by atoms with Crippen molar-refractivity contribution in [1.29, 1.82) is 0 Å². The Morgan fingerprint density at radius 1 is 0.571 bits per heavy atom. The summed E-state index contributed by atoms with van der Waals surface area (Å²) < 4.78 is 0. The number of halogens is 2. The van der Waals surface area contributed by atoms with Gasteiger partial charge in [-0.1, -0.05) is 95.4 Å². The van der Waals surface area contributed by atoms with Crippen LogP contribution < -0.4 is 0 Å². The molecule has 0 atom stereocenters. The topological polar surface area (TPSA) is 0 Å². The molecule has 0 radical (unpaired) electrons. The average molecular weight is 575 g/mol. The summed E-state index contributed by atoms with van der Waals surface area (Å²) in [5, 5.41) is 5.27.